The number of anilines is 1. The fraction of sp³-hybridized carbons (Fsp3) is 0.292. The molecule has 2 heterocycles. The van der Waals surface area contributed by atoms with Crippen LogP contribution in [0.4, 0.5) is 5.82 Å². The second kappa shape index (κ2) is 10.3. The van der Waals surface area contributed by atoms with E-state index >= 15 is 0 Å². The van der Waals surface area contributed by atoms with Crippen molar-refractivity contribution in [2.24, 2.45) is 0 Å². The monoisotopic (exact) mass is 483 g/mol. The van der Waals surface area contributed by atoms with Gasteiger partial charge in [-0.25, -0.2) is 4.98 Å². The molecule has 0 radical (unpaired) electrons. The molecule has 4 rings (SSSR count). The summed E-state index contributed by atoms with van der Waals surface area (Å²) in [7, 11) is 1.73. The maximum atomic E-state index is 5.53. The molecule has 1 aliphatic heterocycles. The SMILES string of the molecule is COc1ccc(Br)cc1CSc1ccccc1CN1CCN(c2ccccn2)CC1. The molecule has 156 valence electrons. The zero-order chi connectivity index (χ0) is 20.8. The second-order valence-corrected chi connectivity index (χ2v) is 9.24. The van der Waals surface area contributed by atoms with Crippen LogP contribution < -0.4 is 9.64 Å². The molecule has 1 fully saturated rings. The van der Waals surface area contributed by atoms with Crippen LogP contribution in [0.25, 0.3) is 0 Å². The lowest BCUT2D eigenvalue weighted by Gasteiger charge is -2.35. The number of nitrogens with zero attached hydrogens (tertiary/aromatic N) is 3. The molecule has 30 heavy (non-hydrogen) atoms. The van der Waals surface area contributed by atoms with Gasteiger partial charge >= 0.3 is 0 Å². The van der Waals surface area contributed by atoms with Crippen molar-refractivity contribution < 1.29 is 4.74 Å². The highest BCUT2D eigenvalue weighted by Crippen LogP contribution is 2.32. The Balaban J connectivity index is 1.38. The Labute approximate surface area is 191 Å². The number of hydrogen-bond donors (Lipinski definition) is 0. The lowest BCUT2D eigenvalue weighted by molar-refractivity contribution is 0.247. The number of rotatable bonds is 7. The summed E-state index contributed by atoms with van der Waals surface area (Å²) in [5.74, 6) is 2.90. The first-order valence-electron chi connectivity index (χ1n) is 10.1. The molecule has 1 aliphatic rings. The number of piperazine rings is 1. The Hall–Kier alpha value is -2.02. The zero-order valence-electron chi connectivity index (χ0n) is 17.1. The van der Waals surface area contributed by atoms with Gasteiger partial charge in [0.15, 0.2) is 0 Å². The van der Waals surface area contributed by atoms with Gasteiger partial charge in [0.2, 0.25) is 0 Å². The molecule has 0 amide bonds. The van der Waals surface area contributed by atoms with Crippen molar-refractivity contribution in [1.29, 1.82) is 0 Å². The summed E-state index contributed by atoms with van der Waals surface area (Å²) < 4.78 is 6.62. The fourth-order valence-electron chi connectivity index (χ4n) is 3.71. The summed E-state index contributed by atoms with van der Waals surface area (Å²) >= 11 is 5.45. The van der Waals surface area contributed by atoms with E-state index in [0.29, 0.717) is 0 Å². The smallest absolute Gasteiger partial charge is 0.128 e. The minimum absolute atomic E-state index is 0.882. The van der Waals surface area contributed by atoms with Gasteiger partial charge in [0.05, 0.1) is 7.11 Å². The van der Waals surface area contributed by atoms with Crippen LogP contribution in [0.1, 0.15) is 11.1 Å². The number of pyridine rings is 1. The fourth-order valence-corrected chi connectivity index (χ4v) is 5.15. The van der Waals surface area contributed by atoms with E-state index in [1.807, 2.05) is 36.2 Å². The Morgan fingerprint density at radius 2 is 1.77 bits per heavy atom. The number of benzene rings is 2. The third-order valence-corrected chi connectivity index (χ3v) is 7.00. The summed E-state index contributed by atoms with van der Waals surface area (Å²) in [6, 6.07) is 21.1. The molecule has 2 aromatic carbocycles. The van der Waals surface area contributed by atoms with Crippen LogP contribution in [0.3, 0.4) is 0 Å². The first-order chi connectivity index (χ1) is 14.7. The lowest BCUT2D eigenvalue weighted by Crippen LogP contribution is -2.46. The third-order valence-electron chi connectivity index (χ3n) is 5.34. The van der Waals surface area contributed by atoms with Crippen LogP contribution in [-0.2, 0) is 12.3 Å². The first-order valence-corrected chi connectivity index (χ1v) is 11.9. The minimum atomic E-state index is 0.882. The van der Waals surface area contributed by atoms with Gasteiger partial charge in [-0.2, -0.15) is 0 Å². The summed E-state index contributed by atoms with van der Waals surface area (Å²) in [6.07, 6.45) is 1.87. The van der Waals surface area contributed by atoms with Gasteiger partial charge in [-0.1, -0.05) is 40.2 Å². The van der Waals surface area contributed by atoms with Crippen LogP contribution in [0, 0.1) is 0 Å². The van der Waals surface area contributed by atoms with Gasteiger partial charge in [0.1, 0.15) is 11.6 Å². The van der Waals surface area contributed by atoms with Crippen LogP contribution in [-0.4, -0.2) is 43.2 Å². The molecule has 4 nitrogen and oxygen atoms in total. The maximum absolute atomic E-state index is 5.53. The molecular weight excluding hydrogens is 458 g/mol. The Morgan fingerprint density at radius 1 is 0.967 bits per heavy atom. The highest BCUT2D eigenvalue weighted by atomic mass is 79.9. The van der Waals surface area contributed by atoms with Crippen molar-refractivity contribution in [2.75, 3.05) is 38.2 Å². The Kier molecular flexibility index (Phi) is 7.31. The summed E-state index contributed by atoms with van der Waals surface area (Å²) in [5, 5.41) is 0. The molecule has 0 unspecified atom stereocenters. The Bertz CT molecular complexity index is 962. The predicted molar refractivity (Wildman–Crippen MR) is 128 cm³/mol. The normalized spacial score (nSPS) is 14.7. The molecule has 3 aromatic rings. The summed E-state index contributed by atoms with van der Waals surface area (Å²) in [5.41, 5.74) is 2.60. The van der Waals surface area contributed by atoms with Crippen molar-refractivity contribution in [1.82, 2.24) is 9.88 Å². The highest BCUT2D eigenvalue weighted by Gasteiger charge is 2.19. The van der Waals surface area contributed by atoms with Gasteiger partial charge in [0.25, 0.3) is 0 Å². The molecule has 0 saturated carbocycles. The summed E-state index contributed by atoms with van der Waals surface area (Å²) in [4.78, 5) is 10.7. The topological polar surface area (TPSA) is 28.6 Å². The van der Waals surface area contributed by atoms with E-state index in [0.717, 1.165) is 54.5 Å². The summed E-state index contributed by atoms with van der Waals surface area (Å²) in [6.45, 7) is 5.11. The van der Waals surface area contributed by atoms with Gasteiger partial charge in [0, 0.05) is 59.6 Å². The van der Waals surface area contributed by atoms with Gasteiger partial charge < -0.3 is 9.64 Å². The standard InChI is InChI=1S/C24H26BrN3OS/c1-29-22-10-9-21(25)16-20(22)18-30-23-7-3-2-6-19(23)17-27-12-14-28(15-13-27)24-8-4-5-11-26-24/h2-11,16H,12-15,17-18H2,1H3. The number of aromatic nitrogens is 1. The van der Waals surface area contributed by atoms with E-state index in [1.54, 1.807) is 7.11 Å². The van der Waals surface area contributed by atoms with Crippen molar-refractivity contribution in [2.45, 2.75) is 17.2 Å². The molecule has 0 N–H and O–H groups in total. The van der Waals surface area contributed by atoms with E-state index in [9.17, 15) is 0 Å². The average Bonchev–Trinajstić information content (AvgIpc) is 2.80. The number of hydrogen-bond acceptors (Lipinski definition) is 5. The number of thioether (sulfide) groups is 1. The van der Waals surface area contributed by atoms with Gasteiger partial charge in [-0.05, 0) is 42.0 Å². The quantitative estimate of drug-likeness (QED) is 0.415. The van der Waals surface area contributed by atoms with E-state index in [2.05, 4.69) is 73.2 Å². The lowest BCUT2D eigenvalue weighted by atomic mass is 10.2. The van der Waals surface area contributed by atoms with E-state index < -0.39 is 0 Å². The minimum Gasteiger partial charge on any atom is -0.496 e. The van der Waals surface area contributed by atoms with Crippen molar-refractivity contribution in [3.8, 4) is 5.75 Å². The van der Waals surface area contributed by atoms with E-state index in [4.69, 9.17) is 4.74 Å². The number of ether oxygens (including phenoxy) is 1. The largest absolute Gasteiger partial charge is 0.496 e. The van der Waals surface area contributed by atoms with Crippen LogP contribution >= 0.6 is 27.7 Å². The Morgan fingerprint density at radius 3 is 2.53 bits per heavy atom. The molecule has 0 aliphatic carbocycles. The first kappa shape index (κ1) is 21.2. The van der Waals surface area contributed by atoms with Crippen LogP contribution in [0.15, 0.2) is 76.2 Å². The van der Waals surface area contributed by atoms with E-state index in [1.165, 1.54) is 16.0 Å². The number of methoxy groups -OCH3 is 1. The number of halogens is 1. The zero-order valence-corrected chi connectivity index (χ0v) is 19.5. The highest BCUT2D eigenvalue weighted by molar-refractivity contribution is 9.10. The molecule has 1 saturated heterocycles. The van der Waals surface area contributed by atoms with Crippen LogP contribution in [0.2, 0.25) is 0 Å². The molecule has 0 atom stereocenters. The predicted octanol–water partition coefficient (Wildman–Crippen LogP) is 5.47. The van der Waals surface area contributed by atoms with Gasteiger partial charge in [-0.15, -0.1) is 11.8 Å². The average molecular weight is 484 g/mol. The second-order valence-electron chi connectivity index (χ2n) is 7.30. The molecule has 0 bridgehead atoms. The molecule has 1 aromatic heterocycles. The molecule has 0 spiro atoms. The van der Waals surface area contributed by atoms with Crippen molar-refractivity contribution >= 4 is 33.5 Å². The van der Waals surface area contributed by atoms with Gasteiger partial charge in [-0.3, -0.25) is 4.90 Å². The molecule has 6 heteroatoms. The van der Waals surface area contributed by atoms with E-state index in [-0.39, 0.29) is 0 Å². The third kappa shape index (κ3) is 5.36. The maximum Gasteiger partial charge on any atom is 0.128 e. The van der Waals surface area contributed by atoms with Crippen molar-refractivity contribution in [3.05, 3.63) is 82.5 Å². The molecular formula is C24H26BrN3OS. The van der Waals surface area contributed by atoms with Crippen molar-refractivity contribution in [3.63, 3.8) is 0 Å². The van der Waals surface area contributed by atoms with Crippen LogP contribution in [0.5, 0.6) is 5.75 Å².